The lowest BCUT2D eigenvalue weighted by molar-refractivity contribution is 0.261. The smallest absolute Gasteiger partial charge is 0.323 e. The van der Waals surface area contributed by atoms with Crippen molar-refractivity contribution in [3.8, 4) is 11.9 Å². The van der Waals surface area contributed by atoms with Gasteiger partial charge in [-0.15, -0.1) is 0 Å². The van der Waals surface area contributed by atoms with Crippen molar-refractivity contribution in [1.29, 1.82) is 0 Å². The average molecular weight is 338 g/mol. The minimum absolute atomic E-state index is 0.0326. The van der Waals surface area contributed by atoms with Gasteiger partial charge in [-0.05, 0) is 26.0 Å². The standard InChI is InChI=1S/C15H16F2N4O3/c1-3-23-13-12(8-18-15(21-13)24-4-2)20-14(22)19-11-6-9(16)5-10(17)7-11/h5-8H,3-4H2,1-2H3,(H2,19,20,22). The number of hydrogen-bond donors (Lipinski definition) is 2. The summed E-state index contributed by atoms with van der Waals surface area (Å²) in [5, 5.41) is 4.76. The highest BCUT2D eigenvalue weighted by Crippen LogP contribution is 2.23. The molecule has 7 nitrogen and oxygen atoms in total. The van der Waals surface area contributed by atoms with Gasteiger partial charge in [-0.1, -0.05) is 0 Å². The number of ether oxygens (including phenoxy) is 2. The Bertz CT molecular complexity index is 708. The molecule has 0 saturated carbocycles. The first-order chi connectivity index (χ1) is 11.5. The SMILES string of the molecule is CCOc1ncc(NC(=O)Nc2cc(F)cc(F)c2)c(OCC)n1. The van der Waals surface area contributed by atoms with Gasteiger partial charge >= 0.3 is 12.0 Å². The maximum atomic E-state index is 13.1. The third-order valence-corrected chi connectivity index (χ3v) is 2.65. The zero-order chi connectivity index (χ0) is 17.5. The van der Waals surface area contributed by atoms with Gasteiger partial charge in [-0.2, -0.15) is 4.98 Å². The Hall–Kier alpha value is -2.97. The van der Waals surface area contributed by atoms with E-state index >= 15 is 0 Å². The zero-order valence-corrected chi connectivity index (χ0v) is 13.1. The number of hydrogen-bond acceptors (Lipinski definition) is 5. The van der Waals surface area contributed by atoms with Crippen LogP contribution in [0.2, 0.25) is 0 Å². The zero-order valence-electron chi connectivity index (χ0n) is 13.1. The lowest BCUT2D eigenvalue weighted by Gasteiger charge is -2.12. The molecule has 24 heavy (non-hydrogen) atoms. The number of nitrogens with one attached hydrogen (secondary N) is 2. The molecule has 0 fully saturated rings. The normalized spacial score (nSPS) is 10.2. The maximum Gasteiger partial charge on any atom is 0.323 e. The van der Waals surface area contributed by atoms with Gasteiger partial charge in [0, 0.05) is 11.8 Å². The molecule has 0 aliphatic carbocycles. The molecule has 2 N–H and O–H groups in total. The topological polar surface area (TPSA) is 85.4 Å². The highest BCUT2D eigenvalue weighted by Gasteiger charge is 2.13. The van der Waals surface area contributed by atoms with E-state index < -0.39 is 17.7 Å². The van der Waals surface area contributed by atoms with Crippen molar-refractivity contribution in [3.05, 3.63) is 36.0 Å². The Kier molecular flexibility index (Phi) is 5.83. The van der Waals surface area contributed by atoms with Crippen molar-refractivity contribution in [2.75, 3.05) is 23.8 Å². The summed E-state index contributed by atoms with van der Waals surface area (Å²) in [7, 11) is 0. The summed E-state index contributed by atoms with van der Waals surface area (Å²) < 4.78 is 36.7. The van der Waals surface area contributed by atoms with Gasteiger partial charge in [-0.3, -0.25) is 0 Å². The number of benzene rings is 1. The van der Waals surface area contributed by atoms with Gasteiger partial charge in [0.25, 0.3) is 0 Å². The number of aromatic nitrogens is 2. The third kappa shape index (κ3) is 4.77. The van der Waals surface area contributed by atoms with E-state index in [4.69, 9.17) is 9.47 Å². The van der Waals surface area contributed by atoms with Crippen LogP contribution in [-0.4, -0.2) is 29.2 Å². The van der Waals surface area contributed by atoms with Crippen LogP contribution in [0.3, 0.4) is 0 Å². The van der Waals surface area contributed by atoms with E-state index in [0.29, 0.717) is 19.3 Å². The molecule has 2 amide bonds. The second-order valence-corrected chi connectivity index (χ2v) is 4.47. The number of urea groups is 1. The Morgan fingerprint density at radius 2 is 1.75 bits per heavy atom. The van der Waals surface area contributed by atoms with E-state index in [1.165, 1.54) is 6.20 Å². The molecule has 9 heteroatoms. The van der Waals surface area contributed by atoms with Gasteiger partial charge in [0.2, 0.25) is 5.88 Å². The van der Waals surface area contributed by atoms with Crippen LogP contribution in [-0.2, 0) is 0 Å². The number of carbonyl (C=O) groups excluding carboxylic acids is 1. The molecule has 0 radical (unpaired) electrons. The first-order valence-electron chi connectivity index (χ1n) is 7.18. The lowest BCUT2D eigenvalue weighted by Crippen LogP contribution is -2.20. The summed E-state index contributed by atoms with van der Waals surface area (Å²) in [5.74, 6) is -1.48. The number of carbonyl (C=O) groups is 1. The largest absolute Gasteiger partial charge is 0.476 e. The Morgan fingerprint density at radius 1 is 1.08 bits per heavy atom. The third-order valence-electron chi connectivity index (χ3n) is 2.65. The van der Waals surface area contributed by atoms with E-state index in [0.717, 1.165) is 12.1 Å². The number of amides is 2. The molecule has 0 atom stereocenters. The molecule has 0 aliphatic heterocycles. The summed E-state index contributed by atoms with van der Waals surface area (Å²) in [6.07, 6.45) is 1.31. The fraction of sp³-hybridized carbons (Fsp3) is 0.267. The van der Waals surface area contributed by atoms with Crippen LogP contribution in [0.5, 0.6) is 11.9 Å². The first-order valence-corrected chi connectivity index (χ1v) is 7.18. The number of halogens is 2. The Morgan fingerprint density at radius 3 is 2.38 bits per heavy atom. The van der Waals surface area contributed by atoms with Crippen molar-refractivity contribution in [3.63, 3.8) is 0 Å². The molecule has 1 aromatic carbocycles. The predicted molar refractivity (Wildman–Crippen MR) is 83.4 cm³/mol. The van der Waals surface area contributed by atoms with E-state index in [1.54, 1.807) is 13.8 Å². The van der Waals surface area contributed by atoms with Crippen LogP contribution in [0.15, 0.2) is 24.4 Å². The highest BCUT2D eigenvalue weighted by molar-refractivity contribution is 6.00. The molecule has 0 saturated heterocycles. The van der Waals surface area contributed by atoms with Crippen LogP contribution in [0.1, 0.15) is 13.8 Å². The summed E-state index contributed by atoms with van der Waals surface area (Å²) in [5.41, 5.74) is 0.157. The minimum Gasteiger partial charge on any atom is -0.476 e. The van der Waals surface area contributed by atoms with Gasteiger partial charge in [0.15, 0.2) is 0 Å². The molecule has 0 aliphatic rings. The molecule has 1 aromatic heterocycles. The summed E-state index contributed by atoms with van der Waals surface area (Å²) in [6.45, 7) is 4.22. The highest BCUT2D eigenvalue weighted by atomic mass is 19.1. The van der Waals surface area contributed by atoms with Crippen molar-refractivity contribution in [1.82, 2.24) is 9.97 Å². The molecule has 2 rings (SSSR count). The van der Waals surface area contributed by atoms with Gasteiger partial charge in [0.05, 0.1) is 19.4 Å². The predicted octanol–water partition coefficient (Wildman–Crippen LogP) is 3.20. The molecular weight excluding hydrogens is 322 g/mol. The molecule has 2 aromatic rings. The average Bonchev–Trinajstić information content (AvgIpc) is 2.49. The second kappa shape index (κ2) is 8.04. The van der Waals surface area contributed by atoms with E-state index in [1.807, 2.05) is 0 Å². The van der Waals surface area contributed by atoms with Crippen LogP contribution in [0, 0.1) is 11.6 Å². The van der Waals surface area contributed by atoms with Gasteiger partial charge < -0.3 is 20.1 Å². The number of anilines is 2. The molecule has 0 spiro atoms. The molecule has 128 valence electrons. The lowest BCUT2D eigenvalue weighted by atomic mass is 10.3. The Labute approximate surface area is 137 Å². The molecule has 0 unspecified atom stereocenters. The van der Waals surface area contributed by atoms with Crippen molar-refractivity contribution < 1.29 is 23.0 Å². The monoisotopic (exact) mass is 338 g/mol. The fourth-order valence-corrected chi connectivity index (χ4v) is 1.79. The second-order valence-electron chi connectivity index (χ2n) is 4.47. The minimum atomic E-state index is -0.801. The van der Waals surface area contributed by atoms with E-state index in [2.05, 4.69) is 20.6 Å². The molecule has 0 bridgehead atoms. The van der Waals surface area contributed by atoms with Gasteiger partial charge in [0.1, 0.15) is 17.3 Å². The van der Waals surface area contributed by atoms with Crippen LogP contribution < -0.4 is 20.1 Å². The Balaban J connectivity index is 2.12. The van der Waals surface area contributed by atoms with Crippen LogP contribution in [0.25, 0.3) is 0 Å². The summed E-state index contributed by atoms with van der Waals surface area (Å²) in [6, 6.07) is 2.06. The number of nitrogens with zero attached hydrogens (tertiary/aromatic N) is 2. The van der Waals surface area contributed by atoms with E-state index in [-0.39, 0.29) is 23.3 Å². The molecule has 1 heterocycles. The quantitative estimate of drug-likeness (QED) is 0.845. The van der Waals surface area contributed by atoms with Crippen LogP contribution >= 0.6 is 0 Å². The number of rotatable bonds is 6. The van der Waals surface area contributed by atoms with Gasteiger partial charge in [-0.25, -0.2) is 18.6 Å². The van der Waals surface area contributed by atoms with Crippen molar-refractivity contribution >= 4 is 17.4 Å². The summed E-state index contributed by atoms with van der Waals surface area (Å²) in [4.78, 5) is 19.9. The fourth-order valence-electron chi connectivity index (χ4n) is 1.79. The van der Waals surface area contributed by atoms with Crippen molar-refractivity contribution in [2.24, 2.45) is 0 Å². The molecular formula is C15H16F2N4O3. The van der Waals surface area contributed by atoms with Crippen LogP contribution in [0.4, 0.5) is 25.0 Å². The summed E-state index contributed by atoms with van der Waals surface area (Å²) >= 11 is 0. The maximum absolute atomic E-state index is 13.1. The van der Waals surface area contributed by atoms with Crippen molar-refractivity contribution in [2.45, 2.75) is 13.8 Å². The van der Waals surface area contributed by atoms with E-state index in [9.17, 15) is 13.6 Å². The first kappa shape index (κ1) is 17.4.